The van der Waals surface area contributed by atoms with Gasteiger partial charge in [-0.25, -0.2) is 0 Å². The first kappa shape index (κ1) is 21.7. The van der Waals surface area contributed by atoms with Crippen molar-refractivity contribution in [2.45, 2.75) is 45.2 Å². The molecule has 4 nitrogen and oxygen atoms in total. The second-order valence-electron chi connectivity index (χ2n) is 8.85. The Morgan fingerprint density at radius 2 is 1.75 bits per heavy atom. The highest BCUT2D eigenvalue weighted by molar-refractivity contribution is 7.09. The van der Waals surface area contributed by atoms with E-state index in [1.54, 1.807) is 0 Å². The molecule has 0 spiro atoms. The van der Waals surface area contributed by atoms with Crippen LogP contribution >= 0.6 is 11.3 Å². The van der Waals surface area contributed by atoms with Crippen molar-refractivity contribution in [3.63, 3.8) is 0 Å². The van der Waals surface area contributed by atoms with Gasteiger partial charge in [-0.3, -0.25) is 9.80 Å². The van der Waals surface area contributed by atoms with Crippen molar-refractivity contribution in [2.75, 3.05) is 26.2 Å². The van der Waals surface area contributed by atoms with E-state index < -0.39 is 0 Å². The largest absolute Gasteiger partial charge is 0.492 e. The fourth-order valence-electron chi connectivity index (χ4n) is 4.64. The number of nitrogens with zero attached hydrogens (tertiary/aromatic N) is 2. The monoisotopic (exact) mass is 448 g/mol. The molecule has 0 aliphatic carbocycles. The molecule has 0 radical (unpaired) electrons. The van der Waals surface area contributed by atoms with E-state index in [-0.39, 0.29) is 0 Å². The van der Waals surface area contributed by atoms with Crippen LogP contribution in [0.5, 0.6) is 5.75 Å². The van der Waals surface area contributed by atoms with Crippen molar-refractivity contribution in [1.29, 1.82) is 0 Å². The SMILES string of the molecule is c1ccc(COC2CCN(Cc3ccc4c(c3)CN(Cc3cccs3)CCO4)CC2)cc1. The Kier molecular flexibility index (Phi) is 7.19. The van der Waals surface area contributed by atoms with Gasteiger partial charge in [-0.05, 0) is 47.5 Å². The molecule has 0 atom stereocenters. The van der Waals surface area contributed by atoms with E-state index in [2.05, 4.69) is 75.8 Å². The molecule has 1 fully saturated rings. The quantitative estimate of drug-likeness (QED) is 0.488. The van der Waals surface area contributed by atoms with Crippen LogP contribution in [0.25, 0.3) is 0 Å². The van der Waals surface area contributed by atoms with E-state index in [0.29, 0.717) is 6.10 Å². The zero-order valence-electron chi connectivity index (χ0n) is 18.6. The molecular weight excluding hydrogens is 416 g/mol. The van der Waals surface area contributed by atoms with Crippen molar-refractivity contribution < 1.29 is 9.47 Å². The molecule has 0 bridgehead atoms. The zero-order chi connectivity index (χ0) is 21.6. The molecule has 3 heterocycles. The Bertz CT molecular complexity index is 969. The van der Waals surface area contributed by atoms with Crippen molar-refractivity contribution in [2.24, 2.45) is 0 Å². The third-order valence-electron chi connectivity index (χ3n) is 6.41. The molecule has 0 saturated carbocycles. The van der Waals surface area contributed by atoms with Crippen LogP contribution in [0.4, 0.5) is 0 Å². The molecule has 0 amide bonds. The zero-order valence-corrected chi connectivity index (χ0v) is 19.4. The molecule has 5 heteroatoms. The fourth-order valence-corrected chi connectivity index (χ4v) is 5.38. The molecule has 32 heavy (non-hydrogen) atoms. The van der Waals surface area contributed by atoms with Gasteiger partial charge in [-0.2, -0.15) is 0 Å². The van der Waals surface area contributed by atoms with Crippen LogP contribution in [-0.4, -0.2) is 42.1 Å². The fraction of sp³-hybridized carbons (Fsp3) is 0.407. The summed E-state index contributed by atoms with van der Waals surface area (Å²) in [4.78, 5) is 6.48. The van der Waals surface area contributed by atoms with Gasteiger partial charge in [0, 0.05) is 49.7 Å². The molecule has 2 aromatic carbocycles. The average molecular weight is 449 g/mol. The molecule has 168 valence electrons. The number of piperidine rings is 1. The van der Waals surface area contributed by atoms with Gasteiger partial charge in [-0.15, -0.1) is 11.3 Å². The first-order chi connectivity index (χ1) is 15.8. The lowest BCUT2D eigenvalue weighted by atomic mass is 10.0. The van der Waals surface area contributed by atoms with Crippen LogP contribution in [0.1, 0.15) is 34.4 Å². The molecule has 2 aliphatic heterocycles. The summed E-state index contributed by atoms with van der Waals surface area (Å²) in [6.45, 7) is 7.60. The van der Waals surface area contributed by atoms with Crippen LogP contribution in [0, 0.1) is 0 Å². The standard InChI is InChI=1S/C27H32N2O2S/c1-2-5-22(6-3-1)21-31-25-10-12-28(13-11-25)18-23-8-9-27-24(17-23)19-29(14-15-30-27)20-26-7-4-16-32-26/h1-9,16-17,25H,10-15,18-21H2. The van der Waals surface area contributed by atoms with E-state index >= 15 is 0 Å². The first-order valence-electron chi connectivity index (χ1n) is 11.7. The second-order valence-corrected chi connectivity index (χ2v) is 9.88. The first-order valence-corrected chi connectivity index (χ1v) is 12.6. The minimum absolute atomic E-state index is 0.373. The molecule has 5 rings (SSSR count). The van der Waals surface area contributed by atoms with E-state index in [4.69, 9.17) is 9.47 Å². The maximum absolute atomic E-state index is 6.16. The highest BCUT2D eigenvalue weighted by atomic mass is 32.1. The van der Waals surface area contributed by atoms with Crippen LogP contribution in [0.2, 0.25) is 0 Å². The number of thiophene rings is 1. The Hall–Kier alpha value is -2.18. The Morgan fingerprint density at radius 3 is 2.56 bits per heavy atom. The van der Waals surface area contributed by atoms with E-state index in [1.165, 1.54) is 21.6 Å². The van der Waals surface area contributed by atoms with Gasteiger partial charge in [0.05, 0.1) is 12.7 Å². The smallest absolute Gasteiger partial charge is 0.123 e. The van der Waals surface area contributed by atoms with Crippen molar-refractivity contribution in [1.82, 2.24) is 9.80 Å². The molecule has 1 saturated heterocycles. The summed E-state index contributed by atoms with van der Waals surface area (Å²) < 4.78 is 12.2. The summed E-state index contributed by atoms with van der Waals surface area (Å²) in [6.07, 6.45) is 2.59. The molecule has 0 N–H and O–H groups in total. The number of hydrogen-bond acceptors (Lipinski definition) is 5. The van der Waals surface area contributed by atoms with Gasteiger partial charge in [0.15, 0.2) is 0 Å². The molecule has 3 aromatic rings. The summed E-state index contributed by atoms with van der Waals surface area (Å²) in [5, 5.41) is 2.16. The number of fused-ring (bicyclic) bond motifs is 1. The van der Waals surface area contributed by atoms with Crippen molar-refractivity contribution in [3.8, 4) is 5.75 Å². The number of ether oxygens (including phenoxy) is 2. The average Bonchev–Trinajstić information content (AvgIpc) is 3.25. The topological polar surface area (TPSA) is 24.9 Å². The molecule has 1 aromatic heterocycles. The second kappa shape index (κ2) is 10.6. The lowest BCUT2D eigenvalue weighted by Gasteiger charge is -2.32. The number of likely N-dealkylation sites (tertiary alicyclic amines) is 1. The van der Waals surface area contributed by atoms with E-state index in [9.17, 15) is 0 Å². The van der Waals surface area contributed by atoms with Crippen molar-refractivity contribution in [3.05, 3.63) is 87.6 Å². The summed E-state index contributed by atoms with van der Waals surface area (Å²) in [7, 11) is 0. The predicted octanol–water partition coefficient (Wildman–Crippen LogP) is 5.32. The van der Waals surface area contributed by atoms with Crippen LogP contribution < -0.4 is 4.74 Å². The van der Waals surface area contributed by atoms with Gasteiger partial charge in [0.2, 0.25) is 0 Å². The Balaban J connectivity index is 1.13. The Labute approximate surface area is 195 Å². The lowest BCUT2D eigenvalue weighted by Crippen LogP contribution is -2.36. The van der Waals surface area contributed by atoms with Crippen LogP contribution in [-0.2, 0) is 31.0 Å². The summed E-state index contributed by atoms with van der Waals surface area (Å²) in [5.74, 6) is 1.05. The molecular formula is C27H32N2O2S. The Morgan fingerprint density at radius 1 is 0.875 bits per heavy atom. The maximum Gasteiger partial charge on any atom is 0.123 e. The molecule has 0 unspecified atom stereocenters. The normalized spacial score (nSPS) is 18.1. The number of rotatable bonds is 7. The van der Waals surface area contributed by atoms with E-state index in [0.717, 1.165) is 71.1 Å². The summed E-state index contributed by atoms with van der Waals surface area (Å²) in [6, 6.07) is 21.6. The van der Waals surface area contributed by atoms with Crippen LogP contribution in [0.15, 0.2) is 66.0 Å². The number of benzene rings is 2. The maximum atomic E-state index is 6.16. The third-order valence-corrected chi connectivity index (χ3v) is 7.27. The van der Waals surface area contributed by atoms with E-state index in [1.807, 2.05) is 11.3 Å². The summed E-state index contributed by atoms with van der Waals surface area (Å²) in [5.41, 5.74) is 3.96. The highest BCUT2D eigenvalue weighted by Crippen LogP contribution is 2.27. The van der Waals surface area contributed by atoms with Crippen molar-refractivity contribution >= 4 is 11.3 Å². The van der Waals surface area contributed by atoms with Gasteiger partial charge in [-0.1, -0.05) is 42.5 Å². The molecule has 2 aliphatic rings. The highest BCUT2D eigenvalue weighted by Gasteiger charge is 2.21. The summed E-state index contributed by atoms with van der Waals surface area (Å²) >= 11 is 1.83. The minimum Gasteiger partial charge on any atom is -0.492 e. The van der Waals surface area contributed by atoms with Gasteiger partial charge in [0.1, 0.15) is 12.4 Å². The van der Waals surface area contributed by atoms with Gasteiger partial charge >= 0.3 is 0 Å². The minimum atomic E-state index is 0.373. The van der Waals surface area contributed by atoms with Gasteiger partial charge < -0.3 is 9.47 Å². The van der Waals surface area contributed by atoms with Crippen LogP contribution in [0.3, 0.4) is 0 Å². The predicted molar refractivity (Wildman–Crippen MR) is 130 cm³/mol. The third kappa shape index (κ3) is 5.78. The number of hydrogen-bond donors (Lipinski definition) is 0. The lowest BCUT2D eigenvalue weighted by molar-refractivity contribution is -0.00394. The van der Waals surface area contributed by atoms with Gasteiger partial charge in [0.25, 0.3) is 0 Å².